The summed E-state index contributed by atoms with van der Waals surface area (Å²) in [6, 6.07) is 7.94. The van der Waals surface area contributed by atoms with Crippen LogP contribution in [-0.2, 0) is 10.3 Å². The average Bonchev–Trinajstić information content (AvgIpc) is 3.26. The Bertz CT molecular complexity index is 1280. The number of rotatable bonds is 4. The lowest BCUT2D eigenvalue weighted by Crippen LogP contribution is -2.26. The van der Waals surface area contributed by atoms with Crippen molar-refractivity contribution in [2.45, 2.75) is 40.2 Å². The van der Waals surface area contributed by atoms with Crippen molar-refractivity contribution in [3.63, 3.8) is 0 Å². The number of anilines is 2. The highest BCUT2D eigenvalue weighted by Gasteiger charge is 2.28. The maximum Gasteiger partial charge on any atom is 0.258 e. The summed E-state index contributed by atoms with van der Waals surface area (Å²) in [6.45, 7) is 9.34. The van der Waals surface area contributed by atoms with Crippen molar-refractivity contribution in [3.05, 3.63) is 59.3 Å². The minimum atomic E-state index is -0.773. The van der Waals surface area contributed by atoms with Crippen LogP contribution in [0.1, 0.15) is 37.6 Å². The second kappa shape index (κ2) is 7.36. The molecule has 1 amide bonds. The first-order chi connectivity index (χ1) is 14.7. The normalized spacial score (nSPS) is 14.6. The van der Waals surface area contributed by atoms with Gasteiger partial charge in [0, 0.05) is 41.0 Å². The third-order valence-corrected chi connectivity index (χ3v) is 5.34. The lowest BCUT2D eigenvalue weighted by atomic mass is 10.0. The summed E-state index contributed by atoms with van der Waals surface area (Å²) in [5.41, 5.74) is 5.44. The van der Waals surface area contributed by atoms with E-state index in [9.17, 15) is 10.1 Å². The zero-order valence-electron chi connectivity index (χ0n) is 18.1. The van der Waals surface area contributed by atoms with Gasteiger partial charge < -0.3 is 10.6 Å². The van der Waals surface area contributed by atoms with E-state index in [4.69, 9.17) is 0 Å². The van der Waals surface area contributed by atoms with Gasteiger partial charge in [-0.15, -0.1) is 0 Å². The second-order valence-corrected chi connectivity index (χ2v) is 8.14. The van der Waals surface area contributed by atoms with Gasteiger partial charge in [0.05, 0.1) is 29.2 Å². The molecule has 4 heterocycles. The maximum atomic E-state index is 12.7. The van der Waals surface area contributed by atoms with Crippen LogP contribution in [0.15, 0.2) is 42.5 Å². The van der Waals surface area contributed by atoms with Crippen LogP contribution < -0.4 is 10.6 Å². The van der Waals surface area contributed by atoms with Crippen molar-refractivity contribution >= 4 is 23.0 Å². The quantitative estimate of drug-likeness (QED) is 0.626. The Kier molecular flexibility index (Phi) is 4.82. The Hall–Kier alpha value is -3.99. The first-order valence-corrected chi connectivity index (χ1v) is 9.90. The lowest BCUT2D eigenvalue weighted by molar-refractivity contribution is -0.110. The summed E-state index contributed by atoms with van der Waals surface area (Å²) in [5.74, 6) is 0.375. The fourth-order valence-corrected chi connectivity index (χ4v) is 3.72. The van der Waals surface area contributed by atoms with Gasteiger partial charge in [-0.05, 0) is 52.3 Å². The molecule has 0 radical (unpaired) electrons. The Labute approximate surface area is 180 Å². The molecule has 0 spiro atoms. The maximum absolute atomic E-state index is 12.7. The number of nitriles is 1. The Morgan fingerprint density at radius 1 is 1.23 bits per heavy atom. The number of hydrogen-bond donors (Lipinski definition) is 2. The molecule has 8 heteroatoms. The zero-order chi connectivity index (χ0) is 22.3. The highest BCUT2D eigenvalue weighted by atomic mass is 16.2. The molecule has 0 fully saturated rings. The van der Waals surface area contributed by atoms with E-state index in [0.29, 0.717) is 22.8 Å². The molecule has 0 saturated heterocycles. The number of hydrogen-bond acceptors (Lipinski definition) is 6. The third kappa shape index (κ3) is 3.55. The van der Waals surface area contributed by atoms with Crippen LogP contribution in [0.3, 0.4) is 0 Å². The molecule has 1 aliphatic rings. The van der Waals surface area contributed by atoms with E-state index >= 15 is 0 Å². The minimum Gasteiger partial charge on any atom is -0.342 e. The zero-order valence-corrected chi connectivity index (χ0v) is 18.1. The highest BCUT2D eigenvalue weighted by Crippen LogP contribution is 2.36. The van der Waals surface area contributed by atoms with Crippen molar-refractivity contribution in [1.29, 1.82) is 5.26 Å². The largest absolute Gasteiger partial charge is 0.342 e. The summed E-state index contributed by atoms with van der Waals surface area (Å²) in [6.07, 6.45) is 5.18. The molecule has 0 atom stereocenters. The molecule has 1 aliphatic heterocycles. The summed E-state index contributed by atoms with van der Waals surface area (Å²) in [5, 5.41) is 20.0. The number of amides is 1. The number of fused-ring (bicyclic) bond motifs is 1. The van der Waals surface area contributed by atoms with Crippen LogP contribution >= 0.6 is 0 Å². The van der Waals surface area contributed by atoms with Crippen LogP contribution in [0.2, 0.25) is 0 Å². The van der Waals surface area contributed by atoms with E-state index < -0.39 is 5.54 Å². The molecule has 3 aromatic heterocycles. The van der Waals surface area contributed by atoms with Gasteiger partial charge in [-0.2, -0.15) is 10.4 Å². The molecule has 0 saturated carbocycles. The number of nitrogens with zero attached hydrogens (tertiary/aromatic N) is 5. The van der Waals surface area contributed by atoms with E-state index in [1.165, 1.54) is 0 Å². The van der Waals surface area contributed by atoms with E-state index in [1.807, 2.05) is 39.0 Å². The SMILES string of the molecule is CC(Nc1cc(C)n(C(C)(C)C#N)n1)=C1C(=O)Nc2cnc(-c3cnccc3C)cc21. The highest BCUT2D eigenvalue weighted by molar-refractivity contribution is 6.32. The number of aryl methyl sites for hydroxylation is 2. The van der Waals surface area contributed by atoms with Crippen molar-refractivity contribution in [1.82, 2.24) is 19.7 Å². The predicted octanol–water partition coefficient (Wildman–Crippen LogP) is 4.01. The Morgan fingerprint density at radius 2 is 2.00 bits per heavy atom. The van der Waals surface area contributed by atoms with Gasteiger partial charge in [0.1, 0.15) is 5.54 Å². The first-order valence-electron chi connectivity index (χ1n) is 9.90. The topological polar surface area (TPSA) is 109 Å². The molecule has 0 unspecified atom stereocenters. The van der Waals surface area contributed by atoms with Crippen LogP contribution in [0, 0.1) is 25.2 Å². The molecule has 0 aliphatic carbocycles. The number of aromatic nitrogens is 4. The van der Waals surface area contributed by atoms with Crippen molar-refractivity contribution in [3.8, 4) is 17.3 Å². The molecule has 3 aromatic rings. The smallest absolute Gasteiger partial charge is 0.258 e. The van der Waals surface area contributed by atoms with Gasteiger partial charge in [0.25, 0.3) is 5.91 Å². The van der Waals surface area contributed by atoms with E-state index in [1.54, 1.807) is 37.1 Å². The van der Waals surface area contributed by atoms with Crippen LogP contribution in [-0.4, -0.2) is 25.7 Å². The van der Waals surface area contributed by atoms with E-state index in [-0.39, 0.29) is 5.91 Å². The molecule has 0 aromatic carbocycles. The average molecular weight is 413 g/mol. The lowest BCUT2D eigenvalue weighted by Gasteiger charge is -2.17. The van der Waals surface area contributed by atoms with E-state index in [2.05, 4.69) is 31.8 Å². The molecule has 31 heavy (non-hydrogen) atoms. The molecule has 0 bridgehead atoms. The van der Waals surface area contributed by atoms with Gasteiger partial charge in [0.15, 0.2) is 5.82 Å². The van der Waals surface area contributed by atoms with Gasteiger partial charge >= 0.3 is 0 Å². The van der Waals surface area contributed by atoms with Crippen molar-refractivity contribution in [2.75, 3.05) is 10.6 Å². The second-order valence-electron chi connectivity index (χ2n) is 8.14. The third-order valence-electron chi connectivity index (χ3n) is 5.34. The van der Waals surface area contributed by atoms with Crippen molar-refractivity contribution in [2.24, 2.45) is 0 Å². The Morgan fingerprint density at radius 3 is 2.71 bits per heavy atom. The van der Waals surface area contributed by atoms with Gasteiger partial charge in [-0.3, -0.25) is 14.8 Å². The molecular formula is C23H23N7O. The molecule has 4 rings (SSSR count). The monoisotopic (exact) mass is 413 g/mol. The standard InChI is InChI=1S/C23H23N7O/c1-13-6-7-25-10-17(13)18-9-16-19(11-26-18)28-22(31)21(16)15(3)27-20-8-14(2)30(29-20)23(4,5)12-24/h6-11H,1-5H3,(H,27,29)(H,28,31). The minimum absolute atomic E-state index is 0.199. The molecule has 156 valence electrons. The van der Waals surface area contributed by atoms with Gasteiger partial charge in [-0.25, -0.2) is 4.68 Å². The Balaban J connectivity index is 1.74. The number of allylic oxidation sites excluding steroid dienone is 1. The number of nitrogens with one attached hydrogen (secondary N) is 2. The van der Waals surface area contributed by atoms with Crippen LogP contribution in [0.4, 0.5) is 11.5 Å². The van der Waals surface area contributed by atoms with E-state index in [0.717, 1.165) is 28.1 Å². The van der Waals surface area contributed by atoms with Crippen LogP contribution in [0.25, 0.3) is 16.8 Å². The van der Waals surface area contributed by atoms with Gasteiger partial charge in [-0.1, -0.05) is 0 Å². The summed E-state index contributed by atoms with van der Waals surface area (Å²) in [4.78, 5) is 21.4. The predicted molar refractivity (Wildman–Crippen MR) is 119 cm³/mol. The summed E-state index contributed by atoms with van der Waals surface area (Å²) >= 11 is 0. The molecule has 8 nitrogen and oxygen atoms in total. The van der Waals surface area contributed by atoms with Crippen molar-refractivity contribution < 1.29 is 4.79 Å². The van der Waals surface area contributed by atoms with Crippen LogP contribution in [0.5, 0.6) is 0 Å². The number of pyridine rings is 2. The fraction of sp³-hybridized carbons (Fsp3) is 0.261. The summed E-state index contributed by atoms with van der Waals surface area (Å²) < 4.78 is 1.67. The summed E-state index contributed by atoms with van der Waals surface area (Å²) in [7, 11) is 0. The molecule has 2 N–H and O–H groups in total. The fourth-order valence-electron chi connectivity index (χ4n) is 3.72. The first kappa shape index (κ1) is 20.3. The number of carbonyl (C=O) groups is 1. The molecular weight excluding hydrogens is 390 g/mol. The number of carbonyl (C=O) groups excluding carboxylic acids is 1. The van der Waals surface area contributed by atoms with Gasteiger partial charge in [0.2, 0.25) is 0 Å².